The Morgan fingerprint density at radius 1 is 1.10 bits per heavy atom. The minimum absolute atomic E-state index is 0.0309. The van der Waals surface area contributed by atoms with E-state index in [-0.39, 0.29) is 41.6 Å². The van der Waals surface area contributed by atoms with Gasteiger partial charge in [-0.2, -0.15) is 0 Å². The van der Waals surface area contributed by atoms with Gasteiger partial charge < -0.3 is 14.7 Å². The average molecular weight is 597 g/mol. The highest BCUT2D eigenvalue weighted by molar-refractivity contribution is 7.91. The number of nitrogens with zero attached hydrogens (tertiary/aromatic N) is 1. The molecule has 2 aromatic rings. The fourth-order valence-electron chi connectivity index (χ4n) is 5.99. The summed E-state index contributed by atoms with van der Waals surface area (Å²) in [5.74, 6) is -1.70. The zero-order valence-corrected chi connectivity index (χ0v) is 24.7. The number of carbonyl (C=O) groups excluding carboxylic acids is 1. The number of rotatable bonds is 10. The van der Waals surface area contributed by atoms with E-state index < -0.39 is 33.3 Å². The van der Waals surface area contributed by atoms with Crippen molar-refractivity contribution in [2.45, 2.75) is 58.0 Å². The summed E-state index contributed by atoms with van der Waals surface area (Å²) in [5, 5.41) is 10.8. The maximum Gasteiger partial charge on any atom is 0.304 e. The van der Waals surface area contributed by atoms with Crippen molar-refractivity contribution >= 4 is 44.9 Å². The van der Waals surface area contributed by atoms with Gasteiger partial charge in [0.25, 0.3) is 0 Å². The lowest BCUT2D eigenvalue weighted by Crippen LogP contribution is -2.55. The maximum atomic E-state index is 14.2. The van der Waals surface area contributed by atoms with Gasteiger partial charge in [0.05, 0.1) is 42.6 Å². The number of aliphatic carboxylic acids is 1. The highest BCUT2D eigenvalue weighted by atomic mass is 35.5. The Kier molecular flexibility index (Phi) is 8.72. The monoisotopic (exact) mass is 595 g/mol. The molecule has 2 saturated heterocycles. The van der Waals surface area contributed by atoms with Crippen LogP contribution in [-0.2, 0) is 24.2 Å². The SMILES string of the molecule is C[C@@H](CCS(=O)(=O)CC1(C)COC1)N1C(=O)[C@@](C)(CC(=O)O)C[C@H](c2cccc(Cl)c2)[C@H]1c1ccc(Cl)cc1. The molecule has 2 aliphatic rings. The molecule has 39 heavy (non-hydrogen) atoms. The van der Waals surface area contributed by atoms with Gasteiger partial charge in [0.15, 0.2) is 9.84 Å². The molecule has 212 valence electrons. The molecule has 0 radical (unpaired) electrons. The molecular weight excluding hydrogens is 561 g/mol. The summed E-state index contributed by atoms with van der Waals surface area (Å²) in [6, 6.07) is 13.7. The fourth-order valence-corrected chi connectivity index (χ4v) is 8.39. The van der Waals surface area contributed by atoms with Gasteiger partial charge in [0.1, 0.15) is 0 Å². The topological polar surface area (TPSA) is 101 Å². The van der Waals surface area contributed by atoms with E-state index in [9.17, 15) is 23.1 Å². The lowest BCUT2D eigenvalue weighted by atomic mass is 9.67. The molecule has 2 aromatic carbocycles. The maximum absolute atomic E-state index is 14.2. The Morgan fingerprint density at radius 2 is 1.77 bits per heavy atom. The van der Waals surface area contributed by atoms with Crippen molar-refractivity contribution in [1.82, 2.24) is 4.90 Å². The van der Waals surface area contributed by atoms with Gasteiger partial charge in [-0.25, -0.2) is 8.42 Å². The summed E-state index contributed by atoms with van der Waals surface area (Å²) < 4.78 is 31.3. The van der Waals surface area contributed by atoms with Crippen LogP contribution in [-0.4, -0.2) is 61.1 Å². The molecule has 4 rings (SSSR count). The second kappa shape index (κ2) is 11.4. The standard InChI is InChI=1S/C29H35Cl2NO6S/c1-19(11-12-39(36,37)18-28(2)16-38-17-28)32-26(20-7-9-22(30)10-8-20)24(21-5-4-6-23(31)13-21)14-29(3,27(32)35)15-25(33)34/h4-10,13,19,24,26H,11-12,14-18H2,1-3H3,(H,33,34)/t19-,24+,26+,29+/m0/s1. The summed E-state index contributed by atoms with van der Waals surface area (Å²) in [6.07, 6.45) is 0.183. The Hall–Kier alpha value is -2.13. The third kappa shape index (κ3) is 6.79. The molecule has 1 N–H and O–H groups in total. The number of hydrogen-bond acceptors (Lipinski definition) is 5. The molecule has 2 heterocycles. The van der Waals surface area contributed by atoms with Crippen LogP contribution in [0.2, 0.25) is 10.0 Å². The van der Waals surface area contributed by atoms with Crippen LogP contribution in [0, 0.1) is 10.8 Å². The molecular formula is C29H35Cl2NO6S. The van der Waals surface area contributed by atoms with Crippen LogP contribution in [0.3, 0.4) is 0 Å². The molecule has 0 unspecified atom stereocenters. The van der Waals surface area contributed by atoms with Crippen molar-refractivity contribution in [1.29, 1.82) is 0 Å². The summed E-state index contributed by atoms with van der Waals surface area (Å²) in [6.45, 7) is 6.26. The predicted octanol–water partition coefficient (Wildman–Crippen LogP) is 5.76. The summed E-state index contributed by atoms with van der Waals surface area (Å²) in [5.41, 5.74) is 0.149. The third-order valence-corrected chi connectivity index (χ3v) is 10.4. The highest BCUT2D eigenvalue weighted by Gasteiger charge is 2.52. The van der Waals surface area contributed by atoms with E-state index in [4.69, 9.17) is 27.9 Å². The van der Waals surface area contributed by atoms with Gasteiger partial charge in [-0.3, -0.25) is 9.59 Å². The highest BCUT2D eigenvalue weighted by Crippen LogP contribution is 2.52. The number of benzene rings is 2. The molecule has 0 bridgehead atoms. The smallest absolute Gasteiger partial charge is 0.304 e. The van der Waals surface area contributed by atoms with Gasteiger partial charge in [0.2, 0.25) is 5.91 Å². The first-order chi connectivity index (χ1) is 18.2. The minimum Gasteiger partial charge on any atom is -0.481 e. The van der Waals surface area contributed by atoms with Crippen molar-refractivity contribution in [3.63, 3.8) is 0 Å². The molecule has 0 spiro atoms. The number of halogens is 2. The number of carboxylic acid groups (broad SMARTS) is 1. The Balaban J connectivity index is 1.74. The molecule has 2 aliphatic heterocycles. The second-order valence-electron chi connectivity index (χ2n) is 11.7. The van der Waals surface area contributed by atoms with E-state index in [1.807, 2.05) is 44.2 Å². The summed E-state index contributed by atoms with van der Waals surface area (Å²) >= 11 is 12.5. The van der Waals surface area contributed by atoms with E-state index in [1.165, 1.54) is 0 Å². The molecule has 10 heteroatoms. The van der Waals surface area contributed by atoms with Gasteiger partial charge in [-0.05, 0) is 55.2 Å². The van der Waals surface area contributed by atoms with Crippen molar-refractivity contribution in [2.75, 3.05) is 24.7 Å². The van der Waals surface area contributed by atoms with Crippen molar-refractivity contribution < 1.29 is 27.9 Å². The molecule has 0 aromatic heterocycles. The van der Waals surface area contributed by atoms with E-state index in [2.05, 4.69) is 0 Å². The molecule has 2 fully saturated rings. The van der Waals surface area contributed by atoms with E-state index in [0.717, 1.165) is 11.1 Å². The third-order valence-electron chi connectivity index (χ3n) is 7.92. The first-order valence-electron chi connectivity index (χ1n) is 13.1. The molecule has 4 atom stereocenters. The van der Waals surface area contributed by atoms with Gasteiger partial charge in [-0.1, -0.05) is 61.3 Å². The number of hydrogen-bond donors (Lipinski definition) is 1. The molecule has 7 nitrogen and oxygen atoms in total. The van der Waals surface area contributed by atoms with Crippen LogP contribution in [0.5, 0.6) is 0 Å². The van der Waals surface area contributed by atoms with Crippen LogP contribution in [0.25, 0.3) is 0 Å². The van der Waals surface area contributed by atoms with Gasteiger partial charge in [0, 0.05) is 27.4 Å². The van der Waals surface area contributed by atoms with Crippen LogP contribution >= 0.6 is 23.2 Å². The number of sulfone groups is 1. The largest absolute Gasteiger partial charge is 0.481 e. The Labute approximate surface area is 240 Å². The van der Waals surface area contributed by atoms with Crippen molar-refractivity contribution in [3.8, 4) is 0 Å². The Bertz CT molecular complexity index is 1330. The van der Waals surface area contributed by atoms with Crippen LogP contribution in [0.15, 0.2) is 48.5 Å². The predicted molar refractivity (Wildman–Crippen MR) is 152 cm³/mol. The van der Waals surface area contributed by atoms with Gasteiger partial charge in [-0.15, -0.1) is 0 Å². The number of ether oxygens (including phenoxy) is 1. The number of carbonyl (C=O) groups is 2. The number of piperidine rings is 1. The zero-order chi connectivity index (χ0) is 28.6. The zero-order valence-electron chi connectivity index (χ0n) is 22.4. The van der Waals surface area contributed by atoms with Crippen LogP contribution < -0.4 is 0 Å². The first-order valence-corrected chi connectivity index (χ1v) is 15.6. The fraction of sp³-hybridized carbons (Fsp3) is 0.517. The van der Waals surface area contributed by atoms with Crippen molar-refractivity contribution in [3.05, 3.63) is 69.7 Å². The van der Waals surface area contributed by atoms with E-state index in [1.54, 1.807) is 30.0 Å². The number of likely N-dealkylation sites (tertiary alicyclic amines) is 1. The summed E-state index contributed by atoms with van der Waals surface area (Å²) in [7, 11) is -3.41. The second-order valence-corrected chi connectivity index (χ2v) is 14.8. The average Bonchev–Trinajstić information content (AvgIpc) is 2.83. The van der Waals surface area contributed by atoms with Gasteiger partial charge >= 0.3 is 5.97 Å². The first kappa shape index (κ1) is 29.8. The number of amides is 1. The molecule has 1 amide bonds. The molecule has 0 saturated carbocycles. The summed E-state index contributed by atoms with van der Waals surface area (Å²) in [4.78, 5) is 27.8. The quantitative estimate of drug-likeness (QED) is 0.374. The van der Waals surface area contributed by atoms with Crippen LogP contribution in [0.1, 0.15) is 63.1 Å². The minimum atomic E-state index is -3.41. The van der Waals surface area contributed by atoms with E-state index in [0.29, 0.717) is 29.7 Å². The Morgan fingerprint density at radius 3 is 2.33 bits per heavy atom. The molecule has 0 aliphatic carbocycles. The van der Waals surface area contributed by atoms with E-state index >= 15 is 0 Å². The lowest BCUT2D eigenvalue weighted by Gasteiger charge is -2.51. The normalized spacial score (nSPS) is 25.7. The van der Waals surface area contributed by atoms with Crippen molar-refractivity contribution in [2.24, 2.45) is 10.8 Å². The number of carboxylic acids is 1. The van der Waals surface area contributed by atoms with Crippen LogP contribution in [0.4, 0.5) is 0 Å². The lowest BCUT2D eigenvalue weighted by molar-refractivity contribution is -0.160.